The summed E-state index contributed by atoms with van der Waals surface area (Å²) in [5.74, 6) is 0.598. The molecule has 118 valence electrons. The average Bonchev–Trinajstić information content (AvgIpc) is 2.62. The summed E-state index contributed by atoms with van der Waals surface area (Å²) in [4.78, 5) is 12.9. The molecule has 0 unspecified atom stereocenters. The summed E-state index contributed by atoms with van der Waals surface area (Å²) in [7, 11) is 0. The molecule has 24 heavy (non-hydrogen) atoms. The summed E-state index contributed by atoms with van der Waals surface area (Å²) in [5, 5.41) is 12.6. The first-order chi connectivity index (χ1) is 11.7. The van der Waals surface area contributed by atoms with Crippen LogP contribution in [0.15, 0.2) is 55.1 Å². The molecular formula is C19H17N5. The van der Waals surface area contributed by atoms with Gasteiger partial charge >= 0.3 is 0 Å². The van der Waals surface area contributed by atoms with Crippen molar-refractivity contribution in [3.05, 3.63) is 60.7 Å². The third kappa shape index (κ3) is 3.39. The molecule has 0 saturated carbocycles. The highest BCUT2D eigenvalue weighted by Gasteiger charge is 2.08. The van der Waals surface area contributed by atoms with Gasteiger partial charge in [0, 0.05) is 42.0 Å². The van der Waals surface area contributed by atoms with Crippen molar-refractivity contribution < 1.29 is 0 Å². The van der Waals surface area contributed by atoms with Gasteiger partial charge in [-0.3, -0.25) is 4.98 Å². The molecule has 0 amide bonds. The Morgan fingerprint density at radius 3 is 2.29 bits per heavy atom. The highest BCUT2D eigenvalue weighted by molar-refractivity contribution is 5.68. The quantitative estimate of drug-likeness (QED) is 0.790. The first-order valence-electron chi connectivity index (χ1n) is 7.71. The molecule has 0 atom stereocenters. The molecule has 1 aromatic carbocycles. The zero-order valence-corrected chi connectivity index (χ0v) is 13.6. The second-order valence-corrected chi connectivity index (χ2v) is 5.70. The Kier molecular flexibility index (Phi) is 4.48. The Balaban J connectivity index is 1.91. The van der Waals surface area contributed by atoms with Gasteiger partial charge in [-0.1, -0.05) is 0 Å². The molecule has 0 radical (unpaired) electrons. The van der Waals surface area contributed by atoms with Crippen LogP contribution in [-0.2, 0) is 0 Å². The molecular weight excluding hydrogens is 298 g/mol. The van der Waals surface area contributed by atoms with E-state index < -0.39 is 0 Å². The summed E-state index contributed by atoms with van der Waals surface area (Å²) in [6.07, 6.45) is 7.04. The van der Waals surface area contributed by atoms with Gasteiger partial charge < -0.3 is 5.32 Å². The van der Waals surface area contributed by atoms with Crippen molar-refractivity contribution in [2.24, 2.45) is 0 Å². The van der Waals surface area contributed by atoms with Gasteiger partial charge in [-0.05, 0) is 49.7 Å². The minimum atomic E-state index is 0.263. The van der Waals surface area contributed by atoms with Gasteiger partial charge in [-0.2, -0.15) is 5.26 Å². The zero-order valence-electron chi connectivity index (χ0n) is 13.6. The molecule has 0 aliphatic rings. The molecule has 0 fully saturated rings. The van der Waals surface area contributed by atoms with Crippen molar-refractivity contribution in [3.8, 4) is 28.6 Å². The summed E-state index contributed by atoms with van der Waals surface area (Å²) in [6.45, 7) is 4.08. The van der Waals surface area contributed by atoms with Gasteiger partial charge in [-0.15, -0.1) is 0 Å². The maximum atomic E-state index is 9.36. The lowest BCUT2D eigenvalue weighted by molar-refractivity contribution is 0.899. The van der Waals surface area contributed by atoms with Gasteiger partial charge in [0.25, 0.3) is 0 Å². The van der Waals surface area contributed by atoms with E-state index in [1.165, 1.54) is 0 Å². The number of rotatable bonds is 4. The molecule has 2 heterocycles. The van der Waals surface area contributed by atoms with Crippen molar-refractivity contribution in [2.45, 2.75) is 19.9 Å². The lowest BCUT2D eigenvalue weighted by atomic mass is 10.1. The fourth-order valence-electron chi connectivity index (χ4n) is 2.38. The largest absolute Gasteiger partial charge is 0.382 e. The predicted octanol–water partition coefficient (Wildman–Crippen LogP) is 3.90. The Morgan fingerprint density at radius 1 is 0.958 bits per heavy atom. The second-order valence-electron chi connectivity index (χ2n) is 5.70. The third-order valence-corrected chi connectivity index (χ3v) is 3.51. The molecule has 0 spiro atoms. The van der Waals surface area contributed by atoms with Gasteiger partial charge in [0.05, 0.1) is 11.3 Å². The highest BCUT2D eigenvalue weighted by atomic mass is 14.9. The minimum absolute atomic E-state index is 0.263. The van der Waals surface area contributed by atoms with E-state index in [1.54, 1.807) is 24.8 Å². The van der Waals surface area contributed by atoms with Crippen molar-refractivity contribution in [1.82, 2.24) is 15.0 Å². The van der Waals surface area contributed by atoms with E-state index in [2.05, 4.69) is 26.3 Å². The minimum Gasteiger partial charge on any atom is -0.382 e. The Labute approximate surface area is 141 Å². The fraction of sp³-hybridized carbons (Fsp3) is 0.158. The van der Waals surface area contributed by atoms with Gasteiger partial charge in [0.2, 0.25) is 0 Å². The van der Waals surface area contributed by atoms with E-state index in [0.29, 0.717) is 11.4 Å². The molecule has 5 heteroatoms. The summed E-state index contributed by atoms with van der Waals surface area (Å²) in [6, 6.07) is 11.9. The van der Waals surface area contributed by atoms with Crippen LogP contribution in [0.2, 0.25) is 0 Å². The number of anilines is 1. The first kappa shape index (κ1) is 15.6. The van der Waals surface area contributed by atoms with E-state index in [1.807, 2.05) is 44.2 Å². The first-order valence-corrected chi connectivity index (χ1v) is 7.71. The van der Waals surface area contributed by atoms with E-state index in [4.69, 9.17) is 0 Å². The smallest absolute Gasteiger partial charge is 0.159 e. The standard InChI is InChI=1S/C19H17N5/c1-13(2)24-18-4-3-15(9-16(18)10-20)19-22-11-17(12-23-19)14-5-7-21-8-6-14/h3-9,11-13,24H,1-2H3. The lowest BCUT2D eigenvalue weighted by Gasteiger charge is -2.12. The van der Waals surface area contributed by atoms with E-state index >= 15 is 0 Å². The molecule has 0 saturated heterocycles. The van der Waals surface area contributed by atoms with Crippen molar-refractivity contribution in [1.29, 1.82) is 5.26 Å². The molecule has 1 N–H and O–H groups in total. The van der Waals surface area contributed by atoms with E-state index in [-0.39, 0.29) is 6.04 Å². The van der Waals surface area contributed by atoms with Gasteiger partial charge in [0.15, 0.2) is 5.82 Å². The van der Waals surface area contributed by atoms with Gasteiger partial charge in [-0.25, -0.2) is 9.97 Å². The van der Waals surface area contributed by atoms with Crippen LogP contribution in [-0.4, -0.2) is 21.0 Å². The number of nitrogens with zero attached hydrogens (tertiary/aromatic N) is 4. The van der Waals surface area contributed by atoms with Crippen molar-refractivity contribution in [3.63, 3.8) is 0 Å². The average molecular weight is 315 g/mol. The molecule has 3 aromatic rings. The summed E-state index contributed by atoms with van der Waals surface area (Å²) < 4.78 is 0. The highest BCUT2D eigenvalue weighted by Crippen LogP contribution is 2.24. The number of aromatic nitrogens is 3. The molecule has 5 nitrogen and oxygen atoms in total. The molecule has 0 bridgehead atoms. The number of nitrogens with one attached hydrogen (secondary N) is 1. The van der Waals surface area contributed by atoms with Crippen LogP contribution in [0, 0.1) is 11.3 Å². The van der Waals surface area contributed by atoms with Crippen LogP contribution in [0.25, 0.3) is 22.5 Å². The second kappa shape index (κ2) is 6.88. The number of hydrogen-bond donors (Lipinski definition) is 1. The summed E-state index contributed by atoms with van der Waals surface area (Å²) in [5.41, 5.74) is 4.18. The van der Waals surface area contributed by atoms with Gasteiger partial charge in [0.1, 0.15) is 6.07 Å². The lowest BCUT2D eigenvalue weighted by Crippen LogP contribution is -2.10. The molecule has 0 aliphatic carbocycles. The van der Waals surface area contributed by atoms with Crippen LogP contribution in [0.1, 0.15) is 19.4 Å². The Bertz CT molecular complexity index is 865. The van der Waals surface area contributed by atoms with E-state index in [9.17, 15) is 5.26 Å². The molecule has 0 aliphatic heterocycles. The number of pyridine rings is 1. The predicted molar refractivity (Wildman–Crippen MR) is 94.2 cm³/mol. The fourth-order valence-corrected chi connectivity index (χ4v) is 2.38. The monoisotopic (exact) mass is 315 g/mol. The molecule has 3 rings (SSSR count). The maximum absolute atomic E-state index is 9.36. The van der Waals surface area contributed by atoms with Crippen molar-refractivity contribution in [2.75, 3.05) is 5.32 Å². The summed E-state index contributed by atoms with van der Waals surface area (Å²) >= 11 is 0. The topological polar surface area (TPSA) is 74.5 Å². The Morgan fingerprint density at radius 2 is 1.67 bits per heavy atom. The third-order valence-electron chi connectivity index (χ3n) is 3.51. The number of nitriles is 1. The van der Waals surface area contributed by atoms with Crippen LogP contribution in [0.5, 0.6) is 0 Å². The SMILES string of the molecule is CC(C)Nc1ccc(-c2ncc(-c3ccncc3)cn2)cc1C#N. The molecule has 2 aromatic heterocycles. The zero-order chi connectivity index (χ0) is 16.9. The van der Waals surface area contributed by atoms with Crippen LogP contribution in [0.3, 0.4) is 0 Å². The van der Waals surface area contributed by atoms with Crippen LogP contribution >= 0.6 is 0 Å². The van der Waals surface area contributed by atoms with Crippen molar-refractivity contribution >= 4 is 5.69 Å². The van der Waals surface area contributed by atoms with Crippen LogP contribution in [0.4, 0.5) is 5.69 Å². The van der Waals surface area contributed by atoms with Crippen LogP contribution < -0.4 is 5.32 Å². The number of benzene rings is 1. The normalized spacial score (nSPS) is 10.4. The number of hydrogen-bond acceptors (Lipinski definition) is 5. The van der Waals surface area contributed by atoms with E-state index in [0.717, 1.165) is 22.4 Å². The maximum Gasteiger partial charge on any atom is 0.159 e. The Hall–Kier alpha value is -3.26.